The standard InChI is InChI=1S/C24H24FN3O/c25-21-8-1-5-18(13-21)14-22-9-2-10-23(27-22)20-7-4-12-28(17-20)24(29)15-19-6-3-11-26-16-19/h1-3,5-6,8-11,13,16,20H,4,7,12,14-15,17H2/t20-/m1/s1. The Bertz CT molecular complexity index is 977. The molecule has 1 aromatic carbocycles. The highest BCUT2D eigenvalue weighted by Crippen LogP contribution is 2.26. The lowest BCUT2D eigenvalue weighted by Gasteiger charge is -2.32. The smallest absolute Gasteiger partial charge is 0.227 e. The van der Waals surface area contributed by atoms with Gasteiger partial charge in [0.15, 0.2) is 0 Å². The number of rotatable bonds is 5. The lowest BCUT2D eigenvalue weighted by Crippen LogP contribution is -2.40. The van der Waals surface area contributed by atoms with Gasteiger partial charge in [0.2, 0.25) is 5.91 Å². The highest BCUT2D eigenvalue weighted by molar-refractivity contribution is 5.78. The van der Waals surface area contributed by atoms with Gasteiger partial charge in [0.1, 0.15) is 5.82 Å². The first-order valence-corrected chi connectivity index (χ1v) is 10.0. The lowest BCUT2D eigenvalue weighted by atomic mass is 9.93. The Kier molecular flexibility index (Phi) is 5.94. The molecule has 1 aliphatic rings. The van der Waals surface area contributed by atoms with Gasteiger partial charge < -0.3 is 4.90 Å². The summed E-state index contributed by atoms with van der Waals surface area (Å²) in [5.74, 6) is 0.140. The minimum atomic E-state index is -0.228. The molecule has 0 aliphatic carbocycles. The molecule has 1 saturated heterocycles. The zero-order valence-electron chi connectivity index (χ0n) is 16.3. The summed E-state index contributed by atoms with van der Waals surface area (Å²) in [5, 5.41) is 0. The molecule has 0 bridgehead atoms. The number of carbonyl (C=O) groups is 1. The van der Waals surface area contributed by atoms with Crippen molar-refractivity contribution >= 4 is 5.91 Å². The second-order valence-electron chi connectivity index (χ2n) is 7.58. The number of likely N-dealkylation sites (tertiary alicyclic amines) is 1. The number of pyridine rings is 2. The van der Waals surface area contributed by atoms with Gasteiger partial charge in [-0.2, -0.15) is 0 Å². The molecule has 2 aromatic heterocycles. The fourth-order valence-corrected chi connectivity index (χ4v) is 3.91. The maximum Gasteiger partial charge on any atom is 0.227 e. The summed E-state index contributed by atoms with van der Waals surface area (Å²) >= 11 is 0. The van der Waals surface area contributed by atoms with E-state index in [0.29, 0.717) is 19.4 Å². The lowest BCUT2D eigenvalue weighted by molar-refractivity contribution is -0.131. The minimum Gasteiger partial charge on any atom is -0.342 e. The molecule has 0 spiro atoms. The van der Waals surface area contributed by atoms with Gasteiger partial charge in [-0.1, -0.05) is 24.3 Å². The second-order valence-corrected chi connectivity index (χ2v) is 7.58. The number of carbonyl (C=O) groups excluding carboxylic acids is 1. The molecule has 1 fully saturated rings. The van der Waals surface area contributed by atoms with Crippen molar-refractivity contribution in [1.29, 1.82) is 0 Å². The molecule has 29 heavy (non-hydrogen) atoms. The number of amides is 1. The molecule has 0 saturated carbocycles. The predicted octanol–water partition coefficient (Wildman–Crippen LogP) is 4.16. The quantitative estimate of drug-likeness (QED) is 0.658. The summed E-state index contributed by atoms with van der Waals surface area (Å²) in [4.78, 5) is 23.6. The van der Waals surface area contributed by atoms with Gasteiger partial charge in [-0.15, -0.1) is 0 Å². The fraction of sp³-hybridized carbons (Fsp3) is 0.292. The normalized spacial score (nSPS) is 16.6. The van der Waals surface area contributed by atoms with Crippen LogP contribution in [-0.4, -0.2) is 33.9 Å². The van der Waals surface area contributed by atoms with E-state index in [-0.39, 0.29) is 17.6 Å². The van der Waals surface area contributed by atoms with Crippen molar-refractivity contribution in [1.82, 2.24) is 14.9 Å². The zero-order chi connectivity index (χ0) is 20.1. The Balaban J connectivity index is 1.43. The van der Waals surface area contributed by atoms with Crippen molar-refractivity contribution < 1.29 is 9.18 Å². The van der Waals surface area contributed by atoms with Crippen molar-refractivity contribution in [3.63, 3.8) is 0 Å². The number of benzene rings is 1. The van der Waals surface area contributed by atoms with E-state index in [0.717, 1.165) is 41.9 Å². The van der Waals surface area contributed by atoms with E-state index in [9.17, 15) is 9.18 Å². The number of aromatic nitrogens is 2. The van der Waals surface area contributed by atoms with Crippen LogP contribution in [0.3, 0.4) is 0 Å². The van der Waals surface area contributed by atoms with Crippen molar-refractivity contribution in [2.75, 3.05) is 13.1 Å². The topological polar surface area (TPSA) is 46.1 Å². The number of piperidine rings is 1. The number of hydrogen-bond acceptors (Lipinski definition) is 3. The molecule has 1 amide bonds. The third-order valence-electron chi connectivity index (χ3n) is 5.37. The summed E-state index contributed by atoms with van der Waals surface area (Å²) < 4.78 is 13.5. The Morgan fingerprint density at radius 1 is 1.10 bits per heavy atom. The van der Waals surface area contributed by atoms with Crippen molar-refractivity contribution in [3.8, 4) is 0 Å². The summed E-state index contributed by atoms with van der Waals surface area (Å²) in [6.45, 7) is 1.48. The number of hydrogen-bond donors (Lipinski definition) is 0. The van der Waals surface area contributed by atoms with E-state index in [1.165, 1.54) is 6.07 Å². The maximum absolute atomic E-state index is 13.5. The van der Waals surface area contributed by atoms with Crippen LogP contribution in [-0.2, 0) is 17.6 Å². The van der Waals surface area contributed by atoms with Crippen LogP contribution in [0.1, 0.15) is 41.3 Å². The van der Waals surface area contributed by atoms with Gasteiger partial charge in [0.05, 0.1) is 6.42 Å². The van der Waals surface area contributed by atoms with Gasteiger partial charge in [0, 0.05) is 49.2 Å². The average molecular weight is 389 g/mol. The van der Waals surface area contributed by atoms with Crippen LogP contribution in [0.15, 0.2) is 67.0 Å². The van der Waals surface area contributed by atoms with E-state index in [4.69, 9.17) is 4.98 Å². The SMILES string of the molecule is O=C(Cc1cccnc1)N1CCC[C@@H](c2cccc(Cc3cccc(F)c3)n2)C1. The third-order valence-corrected chi connectivity index (χ3v) is 5.37. The van der Waals surface area contributed by atoms with Gasteiger partial charge in [-0.25, -0.2) is 4.39 Å². The fourth-order valence-electron chi connectivity index (χ4n) is 3.91. The average Bonchev–Trinajstić information content (AvgIpc) is 2.75. The highest BCUT2D eigenvalue weighted by atomic mass is 19.1. The molecule has 1 atom stereocenters. The molecule has 5 heteroatoms. The Morgan fingerprint density at radius 2 is 1.97 bits per heavy atom. The first-order valence-electron chi connectivity index (χ1n) is 10.0. The molecule has 4 rings (SSSR count). The molecule has 3 aromatic rings. The summed E-state index contributed by atoms with van der Waals surface area (Å²) in [5.41, 5.74) is 3.78. The molecule has 0 radical (unpaired) electrons. The molecule has 3 heterocycles. The van der Waals surface area contributed by atoms with Crippen LogP contribution in [0.4, 0.5) is 4.39 Å². The van der Waals surface area contributed by atoms with Crippen LogP contribution in [0.5, 0.6) is 0 Å². The van der Waals surface area contributed by atoms with Crippen LogP contribution < -0.4 is 0 Å². The largest absolute Gasteiger partial charge is 0.342 e. The van der Waals surface area contributed by atoms with E-state index >= 15 is 0 Å². The molecular weight excluding hydrogens is 365 g/mol. The van der Waals surface area contributed by atoms with Gasteiger partial charge in [-0.05, 0) is 54.3 Å². The van der Waals surface area contributed by atoms with E-state index in [2.05, 4.69) is 4.98 Å². The monoisotopic (exact) mass is 389 g/mol. The highest BCUT2D eigenvalue weighted by Gasteiger charge is 2.25. The third kappa shape index (κ3) is 5.05. The van der Waals surface area contributed by atoms with E-state index < -0.39 is 0 Å². The Morgan fingerprint density at radius 3 is 2.79 bits per heavy atom. The van der Waals surface area contributed by atoms with Crippen LogP contribution >= 0.6 is 0 Å². The van der Waals surface area contributed by atoms with Crippen LogP contribution in [0, 0.1) is 5.82 Å². The summed E-state index contributed by atoms with van der Waals surface area (Å²) in [6.07, 6.45) is 6.44. The minimum absolute atomic E-state index is 0.138. The number of halogens is 1. The predicted molar refractivity (Wildman–Crippen MR) is 110 cm³/mol. The molecule has 148 valence electrons. The molecule has 0 unspecified atom stereocenters. The first kappa shape index (κ1) is 19.2. The Labute approximate surface area is 170 Å². The van der Waals surface area contributed by atoms with Crippen LogP contribution in [0.25, 0.3) is 0 Å². The summed E-state index contributed by atoms with van der Waals surface area (Å²) in [6, 6.07) is 16.4. The summed E-state index contributed by atoms with van der Waals surface area (Å²) in [7, 11) is 0. The van der Waals surface area contributed by atoms with Crippen LogP contribution in [0.2, 0.25) is 0 Å². The Hall–Kier alpha value is -3.08. The zero-order valence-corrected chi connectivity index (χ0v) is 16.3. The molecular formula is C24H24FN3O. The van der Waals surface area contributed by atoms with Gasteiger partial charge in [-0.3, -0.25) is 14.8 Å². The van der Waals surface area contributed by atoms with Gasteiger partial charge in [0.25, 0.3) is 0 Å². The number of nitrogens with zero attached hydrogens (tertiary/aromatic N) is 3. The van der Waals surface area contributed by atoms with E-state index in [1.807, 2.05) is 41.3 Å². The van der Waals surface area contributed by atoms with E-state index in [1.54, 1.807) is 24.5 Å². The molecule has 0 N–H and O–H groups in total. The molecule has 4 nitrogen and oxygen atoms in total. The molecule has 1 aliphatic heterocycles. The first-order chi connectivity index (χ1) is 14.2. The van der Waals surface area contributed by atoms with Crippen molar-refractivity contribution in [2.24, 2.45) is 0 Å². The van der Waals surface area contributed by atoms with Crippen molar-refractivity contribution in [2.45, 2.75) is 31.6 Å². The van der Waals surface area contributed by atoms with Crippen molar-refractivity contribution in [3.05, 3.63) is 95.3 Å². The second kappa shape index (κ2) is 8.95. The maximum atomic E-state index is 13.5. The van der Waals surface area contributed by atoms with Gasteiger partial charge >= 0.3 is 0 Å².